The van der Waals surface area contributed by atoms with Gasteiger partial charge in [-0.25, -0.2) is 4.98 Å². The van der Waals surface area contributed by atoms with Crippen LogP contribution in [0.1, 0.15) is 35.3 Å². The first kappa shape index (κ1) is 26.2. The number of hydrogen-bond acceptors (Lipinski definition) is 10. The Morgan fingerprint density at radius 2 is 2.02 bits per heavy atom. The molecule has 12 heteroatoms. The molecule has 4 aromatic heterocycles. The number of hydrogen-bond donors (Lipinski definition) is 1. The van der Waals surface area contributed by atoms with Crippen LogP contribution >= 0.6 is 11.3 Å². The molecule has 0 bridgehead atoms. The molecule has 1 amide bonds. The van der Waals surface area contributed by atoms with E-state index in [0.29, 0.717) is 71.8 Å². The first-order valence-electron chi connectivity index (χ1n) is 13.6. The number of aryl methyl sites for hydroxylation is 1. The number of amides is 1. The quantitative estimate of drug-likeness (QED) is 0.256. The van der Waals surface area contributed by atoms with Gasteiger partial charge in [0.25, 0.3) is 5.91 Å². The SMILES string of the molecule is CCc1nn2cc(-c3cc4c(OCc5csc(-c6ccc(C(=O)N7CCC(O)C7)cc6)n5)cc(OC)cc4o3)nc2o1. The summed E-state index contributed by atoms with van der Waals surface area (Å²) in [5.41, 5.74) is 3.48. The summed E-state index contributed by atoms with van der Waals surface area (Å²) in [6.07, 6.45) is 2.63. The van der Waals surface area contributed by atoms with Crippen LogP contribution in [0.2, 0.25) is 0 Å². The molecule has 11 nitrogen and oxygen atoms in total. The Kier molecular flexibility index (Phi) is 6.63. The lowest BCUT2D eigenvalue weighted by molar-refractivity contribution is 0.0765. The van der Waals surface area contributed by atoms with Gasteiger partial charge in [-0.05, 0) is 24.6 Å². The maximum atomic E-state index is 12.7. The van der Waals surface area contributed by atoms with Crippen LogP contribution in [0.3, 0.4) is 0 Å². The molecule has 5 heterocycles. The molecule has 1 atom stereocenters. The van der Waals surface area contributed by atoms with E-state index in [0.717, 1.165) is 21.7 Å². The molecule has 1 aliphatic rings. The normalized spacial score (nSPS) is 15.2. The number of nitrogens with zero attached hydrogens (tertiary/aromatic N) is 5. The first-order valence-corrected chi connectivity index (χ1v) is 14.5. The molecule has 42 heavy (non-hydrogen) atoms. The molecule has 1 aliphatic heterocycles. The number of carbonyl (C=O) groups is 1. The molecule has 0 aliphatic carbocycles. The highest BCUT2D eigenvalue weighted by molar-refractivity contribution is 7.13. The van der Waals surface area contributed by atoms with Crippen LogP contribution in [0.25, 0.3) is 38.8 Å². The van der Waals surface area contributed by atoms with Gasteiger partial charge in [0.15, 0.2) is 5.76 Å². The number of furan rings is 1. The molecular weight excluding hydrogens is 558 g/mol. The van der Waals surface area contributed by atoms with Gasteiger partial charge in [-0.3, -0.25) is 4.79 Å². The highest BCUT2D eigenvalue weighted by Gasteiger charge is 2.25. The van der Waals surface area contributed by atoms with E-state index in [1.54, 1.807) is 40.9 Å². The predicted molar refractivity (Wildman–Crippen MR) is 155 cm³/mol. The number of aliphatic hydroxyl groups is 1. The van der Waals surface area contributed by atoms with Gasteiger partial charge in [0.05, 0.1) is 30.5 Å². The van der Waals surface area contributed by atoms with E-state index in [4.69, 9.17) is 23.3 Å². The second-order valence-electron chi connectivity index (χ2n) is 10.1. The first-order chi connectivity index (χ1) is 20.5. The van der Waals surface area contributed by atoms with Crippen LogP contribution < -0.4 is 9.47 Å². The van der Waals surface area contributed by atoms with E-state index in [2.05, 4.69) is 10.1 Å². The lowest BCUT2D eigenvalue weighted by atomic mass is 10.1. The third-order valence-electron chi connectivity index (χ3n) is 7.21. The monoisotopic (exact) mass is 585 g/mol. The van der Waals surface area contributed by atoms with Crippen LogP contribution in [0, 0.1) is 0 Å². The largest absolute Gasteiger partial charge is 0.496 e. The summed E-state index contributed by atoms with van der Waals surface area (Å²) in [6.45, 7) is 3.17. The lowest BCUT2D eigenvalue weighted by Gasteiger charge is -2.15. The molecule has 2 aromatic carbocycles. The molecule has 0 radical (unpaired) electrons. The van der Waals surface area contributed by atoms with Crippen LogP contribution in [0.4, 0.5) is 0 Å². The maximum absolute atomic E-state index is 12.7. The Morgan fingerprint density at radius 1 is 1.17 bits per heavy atom. The summed E-state index contributed by atoms with van der Waals surface area (Å²) in [6, 6.07) is 12.9. The number of fused-ring (bicyclic) bond motifs is 2. The Balaban J connectivity index is 1.08. The number of carbonyl (C=O) groups excluding carboxylic acids is 1. The molecule has 0 saturated carbocycles. The molecule has 1 fully saturated rings. The van der Waals surface area contributed by atoms with Crippen molar-refractivity contribution in [3.05, 3.63) is 71.2 Å². The number of imidazole rings is 1. The second kappa shape index (κ2) is 10.6. The molecule has 1 saturated heterocycles. The average molecular weight is 586 g/mol. The molecule has 6 aromatic rings. The Morgan fingerprint density at radius 3 is 2.76 bits per heavy atom. The van der Waals surface area contributed by atoms with Gasteiger partial charge in [0, 0.05) is 48.2 Å². The number of ether oxygens (including phenoxy) is 2. The van der Waals surface area contributed by atoms with Gasteiger partial charge in [0.2, 0.25) is 5.89 Å². The highest BCUT2D eigenvalue weighted by Crippen LogP contribution is 2.37. The van der Waals surface area contributed by atoms with E-state index in [1.165, 1.54) is 11.3 Å². The smallest absolute Gasteiger partial charge is 0.325 e. The predicted octanol–water partition coefficient (Wildman–Crippen LogP) is 5.22. The zero-order valence-electron chi connectivity index (χ0n) is 22.9. The minimum Gasteiger partial charge on any atom is -0.496 e. The summed E-state index contributed by atoms with van der Waals surface area (Å²) in [7, 11) is 1.59. The molecule has 0 spiro atoms. The van der Waals surface area contributed by atoms with Crippen LogP contribution in [0.15, 0.2) is 62.9 Å². The number of aromatic nitrogens is 4. The van der Waals surface area contributed by atoms with Crippen molar-refractivity contribution in [2.24, 2.45) is 0 Å². The zero-order valence-corrected chi connectivity index (χ0v) is 23.8. The number of rotatable bonds is 8. The summed E-state index contributed by atoms with van der Waals surface area (Å²) < 4.78 is 25.0. The number of likely N-dealkylation sites (tertiary alicyclic amines) is 1. The van der Waals surface area contributed by atoms with Crippen LogP contribution in [-0.4, -0.2) is 61.8 Å². The van der Waals surface area contributed by atoms with Crippen molar-refractivity contribution in [1.29, 1.82) is 0 Å². The number of thiazole rings is 1. The fourth-order valence-electron chi connectivity index (χ4n) is 4.97. The third kappa shape index (κ3) is 4.88. The van der Waals surface area contributed by atoms with Crippen molar-refractivity contribution in [3.63, 3.8) is 0 Å². The van der Waals surface area contributed by atoms with Crippen molar-refractivity contribution in [2.75, 3.05) is 20.2 Å². The van der Waals surface area contributed by atoms with E-state index in [1.807, 2.05) is 36.6 Å². The number of benzene rings is 2. The van der Waals surface area contributed by atoms with Crippen molar-refractivity contribution in [3.8, 4) is 33.5 Å². The minimum atomic E-state index is -0.440. The van der Waals surface area contributed by atoms with E-state index >= 15 is 0 Å². The molecule has 1 N–H and O–H groups in total. The fourth-order valence-corrected chi connectivity index (χ4v) is 5.78. The molecular formula is C30H27N5O6S. The van der Waals surface area contributed by atoms with Gasteiger partial charge in [-0.2, -0.15) is 9.50 Å². The van der Waals surface area contributed by atoms with Gasteiger partial charge < -0.3 is 28.3 Å². The average Bonchev–Trinajstić information content (AvgIpc) is 3.83. The molecule has 7 rings (SSSR count). The van der Waals surface area contributed by atoms with Crippen LogP contribution in [-0.2, 0) is 13.0 Å². The van der Waals surface area contributed by atoms with Gasteiger partial charge in [-0.15, -0.1) is 16.4 Å². The Labute approximate surface area is 243 Å². The van der Waals surface area contributed by atoms with Gasteiger partial charge in [-0.1, -0.05) is 19.1 Å². The maximum Gasteiger partial charge on any atom is 0.325 e. The van der Waals surface area contributed by atoms with Gasteiger partial charge in [0.1, 0.15) is 34.4 Å². The van der Waals surface area contributed by atoms with Crippen molar-refractivity contribution < 1.29 is 28.2 Å². The fraction of sp³-hybridized carbons (Fsp3) is 0.267. The lowest BCUT2D eigenvalue weighted by Crippen LogP contribution is -2.29. The van der Waals surface area contributed by atoms with E-state index < -0.39 is 6.10 Å². The summed E-state index contributed by atoms with van der Waals surface area (Å²) >= 11 is 1.51. The second-order valence-corrected chi connectivity index (χ2v) is 10.9. The molecule has 214 valence electrons. The van der Waals surface area contributed by atoms with E-state index in [9.17, 15) is 9.90 Å². The number of aliphatic hydroxyl groups excluding tert-OH is 1. The zero-order chi connectivity index (χ0) is 28.8. The van der Waals surface area contributed by atoms with Gasteiger partial charge >= 0.3 is 5.84 Å². The number of methoxy groups -OCH3 is 1. The van der Waals surface area contributed by atoms with Crippen molar-refractivity contribution in [2.45, 2.75) is 32.5 Å². The third-order valence-corrected chi connectivity index (χ3v) is 8.15. The van der Waals surface area contributed by atoms with Crippen molar-refractivity contribution in [1.82, 2.24) is 24.5 Å². The molecule has 1 unspecified atom stereocenters. The van der Waals surface area contributed by atoms with Crippen molar-refractivity contribution >= 4 is 34.1 Å². The summed E-state index contributed by atoms with van der Waals surface area (Å²) in [5, 5.41) is 17.7. The summed E-state index contributed by atoms with van der Waals surface area (Å²) in [5.74, 6) is 2.71. The minimum absolute atomic E-state index is 0.0668. The summed E-state index contributed by atoms with van der Waals surface area (Å²) in [4.78, 5) is 23.6. The van der Waals surface area contributed by atoms with E-state index in [-0.39, 0.29) is 12.5 Å². The topological polar surface area (TPSA) is 128 Å². The Hall–Kier alpha value is -4.68. The number of β-amino-alcohol motifs (C(OH)–C–C–N with tert-alkyl or cyclic N) is 1. The highest BCUT2D eigenvalue weighted by atomic mass is 32.1. The standard InChI is InChI=1S/C30H27N5O6S/c1-3-27-33-35-14-23(32-30(35)41-27)26-12-22-24(10-21(38-2)11-25(22)40-26)39-15-19-16-42-28(31-19)17-4-6-18(7-5-17)29(37)34-9-8-20(36)13-34/h4-7,10-12,14,16,20,36H,3,8-9,13,15H2,1-2H3. The Bertz CT molecular complexity index is 1870. The van der Waals surface area contributed by atoms with Crippen LogP contribution in [0.5, 0.6) is 11.5 Å².